The molecule has 2 aromatic rings. The Kier molecular flexibility index (Phi) is 4.60. The average Bonchev–Trinajstić information content (AvgIpc) is 2.47. The van der Waals surface area contributed by atoms with E-state index in [9.17, 15) is 9.18 Å². The van der Waals surface area contributed by atoms with Crippen molar-refractivity contribution in [2.45, 2.75) is 6.42 Å². The molecule has 0 aliphatic carbocycles. The van der Waals surface area contributed by atoms with Crippen LogP contribution < -0.4 is 10.6 Å². The molecule has 0 spiro atoms. The highest BCUT2D eigenvalue weighted by Gasteiger charge is 2.05. The van der Waals surface area contributed by atoms with Crippen molar-refractivity contribution in [3.05, 3.63) is 53.5 Å². The summed E-state index contributed by atoms with van der Waals surface area (Å²) in [5, 5.41) is 13.2. The molecule has 104 valence electrons. The van der Waals surface area contributed by atoms with E-state index in [1.165, 1.54) is 19.2 Å². The van der Waals surface area contributed by atoms with Gasteiger partial charge in [0.15, 0.2) is 5.69 Å². The van der Waals surface area contributed by atoms with Crippen molar-refractivity contribution in [2.75, 3.05) is 18.9 Å². The van der Waals surface area contributed by atoms with Crippen LogP contribution in [0.1, 0.15) is 16.1 Å². The summed E-state index contributed by atoms with van der Waals surface area (Å²) in [6.07, 6.45) is 0.677. The predicted molar refractivity (Wildman–Crippen MR) is 74.0 cm³/mol. The lowest BCUT2D eigenvalue weighted by Crippen LogP contribution is -2.20. The standard InChI is InChI=1S/C14H15FN4O/c1-16-14(20)12-5-6-13(19-18-12)17-8-7-10-3-2-4-11(15)9-10/h2-6,9H,7-8H2,1H3,(H,16,20)(H,17,19). The summed E-state index contributed by atoms with van der Waals surface area (Å²) in [6.45, 7) is 0.609. The van der Waals surface area contributed by atoms with Crippen LogP contribution in [0.3, 0.4) is 0 Å². The first kappa shape index (κ1) is 13.9. The molecule has 0 aliphatic rings. The van der Waals surface area contributed by atoms with Gasteiger partial charge in [-0.25, -0.2) is 4.39 Å². The Bertz CT molecular complexity index is 586. The molecule has 6 heteroatoms. The molecule has 1 heterocycles. The number of amides is 1. The third-order valence-electron chi connectivity index (χ3n) is 2.73. The monoisotopic (exact) mass is 274 g/mol. The molecule has 1 amide bonds. The van der Waals surface area contributed by atoms with E-state index in [1.54, 1.807) is 18.2 Å². The van der Waals surface area contributed by atoms with Crippen LogP contribution in [-0.4, -0.2) is 29.7 Å². The summed E-state index contributed by atoms with van der Waals surface area (Å²) >= 11 is 0. The van der Waals surface area contributed by atoms with Crippen molar-refractivity contribution in [1.82, 2.24) is 15.5 Å². The number of benzene rings is 1. The Labute approximate surface area is 116 Å². The Morgan fingerprint density at radius 2 is 2.10 bits per heavy atom. The summed E-state index contributed by atoms with van der Waals surface area (Å²) in [4.78, 5) is 11.3. The molecule has 0 aliphatic heterocycles. The summed E-state index contributed by atoms with van der Waals surface area (Å²) in [7, 11) is 1.54. The van der Waals surface area contributed by atoms with E-state index in [0.29, 0.717) is 18.8 Å². The van der Waals surface area contributed by atoms with Crippen molar-refractivity contribution in [2.24, 2.45) is 0 Å². The zero-order valence-electron chi connectivity index (χ0n) is 11.1. The number of carbonyl (C=O) groups is 1. The van der Waals surface area contributed by atoms with Gasteiger partial charge < -0.3 is 10.6 Å². The van der Waals surface area contributed by atoms with Gasteiger partial charge in [-0.1, -0.05) is 12.1 Å². The molecule has 0 saturated heterocycles. The maximum atomic E-state index is 13.0. The smallest absolute Gasteiger partial charge is 0.271 e. The zero-order chi connectivity index (χ0) is 14.4. The van der Waals surface area contributed by atoms with E-state index >= 15 is 0 Å². The Morgan fingerprint density at radius 3 is 2.75 bits per heavy atom. The number of halogens is 1. The number of hydrogen-bond donors (Lipinski definition) is 2. The fraction of sp³-hybridized carbons (Fsp3) is 0.214. The number of hydrogen-bond acceptors (Lipinski definition) is 4. The highest BCUT2D eigenvalue weighted by molar-refractivity contribution is 5.91. The molecule has 0 atom stereocenters. The molecular weight excluding hydrogens is 259 g/mol. The molecule has 0 radical (unpaired) electrons. The fourth-order valence-electron chi connectivity index (χ4n) is 1.70. The Hall–Kier alpha value is -2.50. The van der Waals surface area contributed by atoms with Gasteiger partial charge in [0.25, 0.3) is 5.91 Å². The first-order chi connectivity index (χ1) is 9.69. The van der Waals surface area contributed by atoms with Gasteiger partial charge in [0.1, 0.15) is 11.6 Å². The summed E-state index contributed by atoms with van der Waals surface area (Å²) in [5.74, 6) is 0.0649. The second-order valence-corrected chi connectivity index (χ2v) is 4.19. The van der Waals surface area contributed by atoms with E-state index in [1.807, 2.05) is 6.07 Å². The number of nitrogens with one attached hydrogen (secondary N) is 2. The van der Waals surface area contributed by atoms with Crippen molar-refractivity contribution in [1.29, 1.82) is 0 Å². The van der Waals surface area contributed by atoms with Crippen molar-refractivity contribution >= 4 is 11.7 Å². The minimum absolute atomic E-state index is 0.239. The van der Waals surface area contributed by atoms with Gasteiger partial charge in [0.2, 0.25) is 0 Å². The van der Waals surface area contributed by atoms with Crippen LogP contribution in [0, 0.1) is 5.82 Å². The zero-order valence-corrected chi connectivity index (χ0v) is 11.1. The third kappa shape index (κ3) is 3.74. The normalized spacial score (nSPS) is 10.1. The minimum Gasteiger partial charge on any atom is -0.368 e. The molecule has 0 saturated carbocycles. The molecule has 2 N–H and O–H groups in total. The highest BCUT2D eigenvalue weighted by atomic mass is 19.1. The largest absolute Gasteiger partial charge is 0.368 e. The van der Waals surface area contributed by atoms with Crippen LogP contribution in [0.15, 0.2) is 36.4 Å². The maximum Gasteiger partial charge on any atom is 0.271 e. The maximum absolute atomic E-state index is 13.0. The first-order valence-corrected chi connectivity index (χ1v) is 6.23. The molecular formula is C14H15FN4O. The van der Waals surface area contributed by atoms with Gasteiger partial charge >= 0.3 is 0 Å². The van der Waals surface area contributed by atoms with Crippen LogP contribution in [0.2, 0.25) is 0 Å². The summed E-state index contributed by atoms with van der Waals surface area (Å²) < 4.78 is 13.0. The lowest BCUT2D eigenvalue weighted by molar-refractivity contribution is 0.0957. The lowest BCUT2D eigenvalue weighted by atomic mass is 10.1. The molecule has 0 fully saturated rings. The van der Waals surface area contributed by atoms with Crippen LogP contribution in [0.5, 0.6) is 0 Å². The van der Waals surface area contributed by atoms with Crippen LogP contribution in [0.4, 0.5) is 10.2 Å². The predicted octanol–water partition coefficient (Wildman–Crippen LogP) is 1.63. The molecule has 0 bridgehead atoms. The first-order valence-electron chi connectivity index (χ1n) is 6.23. The molecule has 2 rings (SSSR count). The number of nitrogens with zero attached hydrogens (tertiary/aromatic N) is 2. The average molecular weight is 274 g/mol. The van der Waals surface area contributed by atoms with Crippen molar-refractivity contribution in [3.63, 3.8) is 0 Å². The van der Waals surface area contributed by atoms with E-state index < -0.39 is 0 Å². The SMILES string of the molecule is CNC(=O)c1ccc(NCCc2cccc(F)c2)nn1. The Morgan fingerprint density at radius 1 is 1.25 bits per heavy atom. The van der Waals surface area contributed by atoms with Gasteiger partial charge in [0, 0.05) is 13.6 Å². The minimum atomic E-state index is -0.274. The van der Waals surface area contributed by atoms with Gasteiger partial charge in [-0.15, -0.1) is 10.2 Å². The summed E-state index contributed by atoms with van der Waals surface area (Å²) in [5.41, 5.74) is 1.18. The van der Waals surface area contributed by atoms with Gasteiger partial charge in [-0.3, -0.25) is 4.79 Å². The highest BCUT2D eigenvalue weighted by Crippen LogP contribution is 2.06. The van der Waals surface area contributed by atoms with Crippen molar-refractivity contribution < 1.29 is 9.18 Å². The second kappa shape index (κ2) is 6.60. The van der Waals surface area contributed by atoms with Crippen LogP contribution in [0.25, 0.3) is 0 Å². The number of carbonyl (C=O) groups excluding carboxylic acids is 1. The number of rotatable bonds is 5. The summed E-state index contributed by atoms with van der Waals surface area (Å²) in [6, 6.07) is 9.75. The van der Waals surface area contributed by atoms with E-state index in [4.69, 9.17) is 0 Å². The lowest BCUT2D eigenvalue weighted by Gasteiger charge is -2.05. The van der Waals surface area contributed by atoms with Gasteiger partial charge in [-0.05, 0) is 36.2 Å². The Balaban J connectivity index is 1.86. The number of anilines is 1. The fourth-order valence-corrected chi connectivity index (χ4v) is 1.70. The second-order valence-electron chi connectivity index (χ2n) is 4.19. The topological polar surface area (TPSA) is 66.9 Å². The van der Waals surface area contributed by atoms with Gasteiger partial charge in [-0.2, -0.15) is 0 Å². The van der Waals surface area contributed by atoms with Crippen LogP contribution >= 0.6 is 0 Å². The quantitative estimate of drug-likeness (QED) is 0.869. The molecule has 1 aromatic heterocycles. The third-order valence-corrected chi connectivity index (χ3v) is 2.73. The van der Waals surface area contributed by atoms with E-state index in [2.05, 4.69) is 20.8 Å². The van der Waals surface area contributed by atoms with E-state index in [0.717, 1.165) is 5.56 Å². The number of aromatic nitrogens is 2. The molecule has 0 unspecified atom stereocenters. The molecule has 20 heavy (non-hydrogen) atoms. The molecule has 5 nitrogen and oxygen atoms in total. The molecule has 1 aromatic carbocycles. The van der Waals surface area contributed by atoms with Crippen LogP contribution in [-0.2, 0) is 6.42 Å². The van der Waals surface area contributed by atoms with E-state index in [-0.39, 0.29) is 17.4 Å². The van der Waals surface area contributed by atoms with Gasteiger partial charge in [0.05, 0.1) is 0 Å². The van der Waals surface area contributed by atoms with Crippen molar-refractivity contribution in [3.8, 4) is 0 Å².